The van der Waals surface area contributed by atoms with Gasteiger partial charge in [0.25, 0.3) is 0 Å². The van der Waals surface area contributed by atoms with Crippen molar-refractivity contribution in [3.8, 4) is 0 Å². The van der Waals surface area contributed by atoms with Gasteiger partial charge in [0.15, 0.2) is 0 Å². The number of para-hydroxylation sites is 1. The van der Waals surface area contributed by atoms with Gasteiger partial charge in [0, 0.05) is 0 Å². The lowest BCUT2D eigenvalue weighted by atomic mass is 10.3. The Kier molecular flexibility index (Phi) is 4.26. The normalized spacial score (nSPS) is 11.3. The summed E-state index contributed by atoms with van der Waals surface area (Å²) in [6, 6.07) is 3.65. The van der Waals surface area contributed by atoms with Crippen LogP contribution in [0, 0.1) is 11.6 Å². The fourth-order valence-electron chi connectivity index (χ4n) is 1.16. The van der Waals surface area contributed by atoms with Crippen LogP contribution in [-0.4, -0.2) is 14.5 Å². The summed E-state index contributed by atoms with van der Waals surface area (Å²) in [5.74, 6) is -1.06. The standard InChI is InChI=1S/C8H5BrF2IN4P/c9-7-14-8(16(15-7)17-12)13-6-4(10)2-1-3-5(6)11/h1-3,17H,(H,13,14,15). The van der Waals surface area contributed by atoms with E-state index in [0.29, 0.717) is 4.73 Å². The van der Waals surface area contributed by atoms with Crippen LogP contribution in [0.4, 0.5) is 20.4 Å². The van der Waals surface area contributed by atoms with Crippen LogP contribution in [0.1, 0.15) is 0 Å². The second-order valence-corrected chi connectivity index (χ2v) is 5.67. The van der Waals surface area contributed by atoms with Gasteiger partial charge < -0.3 is 5.32 Å². The summed E-state index contributed by atoms with van der Waals surface area (Å²) in [6.07, 6.45) is 0.271. The van der Waals surface area contributed by atoms with Gasteiger partial charge in [-0.25, -0.2) is 13.2 Å². The number of anilines is 2. The summed E-state index contributed by atoms with van der Waals surface area (Å²) >= 11 is 5.20. The molecule has 2 aromatic rings. The molecule has 2 rings (SSSR count). The number of hydrogen-bond donors (Lipinski definition) is 1. The first-order valence-corrected chi connectivity index (χ1v) is 9.17. The summed E-state index contributed by atoms with van der Waals surface area (Å²) in [6.45, 7) is 0. The average molecular weight is 433 g/mol. The monoisotopic (exact) mass is 432 g/mol. The number of aromatic nitrogens is 3. The van der Waals surface area contributed by atoms with E-state index in [-0.39, 0.29) is 18.0 Å². The molecule has 0 aliphatic carbocycles. The second kappa shape index (κ2) is 5.53. The Hall–Kier alpha value is -0.340. The highest BCUT2D eigenvalue weighted by molar-refractivity contribution is 14.2. The summed E-state index contributed by atoms with van der Waals surface area (Å²) in [7, 11) is 0. The van der Waals surface area contributed by atoms with Crippen molar-refractivity contribution in [3.63, 3.8) is 0 Å². The zero-order valence-corrected chi connectivity index (χ0v) is 12.8. The van der Waals surface area contributed by atoms with Crippen LogP contribution >= 0.6 is 44.3 Å². The Bertz CT molecular complexity index is 530. The van der Waals surface area contributed by atoms with Gasteiger partial charge in [0.05, 0.1) is 6.37 Å². The Labute approximate surface area is 119 Å². The average Bonchev–Trinajstić information content (AvgIpc) is 2.64. The molecule has 0 saturated heterocycles. The van der Waals surface area contributed by atoms with Gasteiger partial charge >= 0.3 is 0 Å². The number of hydrogen-bond acceptors (Lipinski definition) is 3. The van der Waals surface area contributed by atoms with Gasteiger partial charge in [-0.15, -0.1) is 5.10 Å². The quantitative estimate of drug-likeness (QED) is 0.591. The number of nitrogens with zero attached hydrogens (tertiary/aromatic N) is 3. The second-order valence-electron chi connectivity index (χ2n) is 2.92. The van der Waals surface area contributed by atoms with E-state index >= 15 is 0 Å². The van der Waals surface area contributed by atoms with Gasteiger partial charge in [-0.05, 0) is 50.1 Å². The highest BCUT2D eigenvalue weighted by Crippen LogP contribution is 2.30. The number of halogens is 4. The van der Waals surface area contributed by atoms with E-state index < -0.39 is 11.6 Å². The highest BCUT2D eigenvalue weighted by Gasteiger charge is 2.13. The van der Waals surface area contributed by atoms with Crippen LogP contribution in [-0.2, 0) is 0 Å². The lowest BCUT2D eigenvalue weighted by Gasteiger charge is -2.07. The van der Waals surface area contributed by atoms with Crippen molar-refractivity contribution in [1.82, 2.24) is 14.5 Å². The summed E-state index contributed by atoms with van der Waals surface area (Å²) in [5.41, 5.74) is -0.233. The topological polar surface area (TPSA) is 42.7 Å². The Morgan fingerprint density at radius 3 is 2.59 bits per heavy atom. The van der Waals surface area contributed by atoms with E-state index in [9.17, 15) is 8.78 Å². The molecule has 1 aromatic heterocycles. The minimum atomic E-state index is -0.674. The Morgan fingerprint density at radius 2 is 2.00 bits per heavy atom. The Morgan fingerprint density at radius 1 is 1.35 bits per heavy atom. The zero-order chi connectivity index (χ0) is 12.4. The number of benzene rings is 1. The lowest BCUT2D eigenvalue weighted by Crippen LogP contribution is -2.01. The number of rotatable bonds is 3. The van der Waals surface area contributed by atoms with Gasteiger partial charge in [0.2, 0.25) is 10.7 Å². The van der Waals surface area contributed by atoms with Crippen molar-refractivity contribution < 1.29 is 8.78 Å². The third-order valence-electron chi connectivity index (χ3n) is 1.86. The molecule has 0 spiro atoms. The van der Waals surface area contributed by atoms with Gasteiger partial charge in [0.1, 0.15) is 17.3 Å². The zero-order valence-electron chi connectivity index (χ0n) is 8.09. The third kappa shape index (κ3) is 2.92. The third-order valence-corrected chi connectivity index (χ3v) is 4.04. The van der Waals surface area contributed by atoms with Crippen LogP contribution in [0.2, 0.25) is 0 Å². The molecule has 0 saturated carbocycles. The number of nitrogens with one attached hydrogen (secondary N) is 1. The summed E-state index contributed by atoms with van der Waals surface area (Å²) in [4.78, 5) is 3.99. The molecule has 0 amide bonds. The van der Waals surface area contributed by atoms with Crippen molar-refractivity contribution in [2.75, 3.05) is 5.32 Å². The van der Waals surface area contributed by atoms with Crippen molar-refractivity contribution >= 4 is 56.0 Å². The Balaban J connectivity index is 2.37. The van der Waals surface area contributed by atoms with Crippen LogP contribution in [0.25, 0.3) is 0 Å². The highest BCUT2D eigenvalue weighted by atomic mass is 127. The first-order chi connectivity index (χ1) is 8.11. The largest absolute Gasteiger partial charge is 0.319 e. The SMILES string of the molecule is Fc1cccc(F)c1Nc1nc(Br)nn1PI. The van der Waals surface area contributed by atoms with Crippen LogP contribution in [0.5, 0.6) is 0 Å². The molecular formula is C8H5BrF2IN4P. The van der Waals surface area contributed by atoms with E-state index in [0.717, 1.165) is 0 Å². The fourth-order valence-corrected chi connectivity index (χ4v) is 2.96. The van der Waals surface area contributed by atoms with Crippen molar-refractivity contribution in [1.29, 1.82) is 0 Å². The predicted octanol–water partition coefficient (Wildman–Crippen LogP) is 3.85. The maximum absolute atomic E-state index is 13.4. The van der Waals surface area contributed by atoms with Crippen molar-refractivity contribution in [2.45, 2.75) is 0 Å². The molecule has 1 atom stereocenters. The molecule has 0 radical (unpaired) electrons. The maximum Gasteiger partial charge on any atom is 0.230 e. The van der Waals surface area contributed by atoms with Crippen LogP contribution < -0.4 is 5.32 Å². The molecule has 9 heteroatoms. The van der Waals surface area contributed by atoms with Gasteiger partial charge in [-0.2, -0.15) is 4.98 Å². The molecular weight excluding hydrogens is 428 g/mol. The van der Waals surface area contributed by atoms with E-state index in [4.69, 9.17) is 0 Å². The molecule has 90 valence electrons. The van der Waals surface area contributed by atoms with Gasteiger partial charge in [-0.3, -0.25) is 0 Å². The van der Waals surface area contributed by atoms with Crippen molar-refractivity contribution in [3.05, 3.63) is 34.6 Å². The molecule has 1 N–H and O–H groups in total. The molecule has 0 bridgehead atoms. The van der Waals surface area contributed by atoms with Gasteiger partial charge in [-0.1, -0.05) is 6.07 Å². The minimum Gasteiger partial charge on any atom is -0.319 e. The first kappa shape index (κ1) is 13.1. The lowest BCUT2D eigenvalue weighted by molar-refractivity contribution is 0.590. The smallest absolute Gasteiger partial charge is 0.230 e. The molecule has 0 aliphatic heterocycles. The van der Waals surface area contributed by atoms with Crippen LogP contribution in [0.3, 0.4) is 0 Å². The molecule has 4 nitrogen and oxygen atoms in total. The summed E-state index contributed by atoms with van der Waals surface area (Å²) in [5, 5.41) is 6.60. The molecule has 1 unspecified atom stereocenters. The van der Waals surface area contributed by atoms with E-state index in [1.165, 1.54) is 22.7 Å². The fraction of sp³-hybridized carbons (Fsp3) is 0. The van der Waals surface area contributed by atoms with Crippen molar-refractivity contribution in [2.24, 2.45) is 0 Å². The van der Waals surface area contributed by atoms with E-state index in [2.05, 4.69) is 53.4 Å². The summed E-state index contributed by atoms with van der Waals surface area (Å²) < 4.78 is 28.7. The first-order valence-electron chi connectivity index (χ1n) is 4.32. The molecule has 0 fully saturated rings. The molecule has 1 heterocycles. The minimum absolute atomic E-state index is 0.233. The van der Waals surface area contributed by atoms with E-state index in [1.807, 2.05) is 0 Å². The molecule has 0 aliphatic rings. The molecule has 1 aromatic carbocycles. The maximum atomic E-state index is 13.4. The van der Waals surface area contributed by atoms with E-state index in [1.54, 1.807) is 0 Å². The molecule has 17 heavy (non-hydrogen) atoms. The van der Waals surface area contributed by atoms with Crippen LogP contribution in [0.15, 0.2) is 22.9 Å². The predicted molar refractivity (Wildman–Crippen MR) is 75.1 cm³/mol.